The van der Waals surface area contributed by atoms with Crippen molar-refractivity contribution in [1.29, 1.82) is 0 Å². The highest BCUT2D eigenvalue weighted by Gasteiger charge is 2.18. The highest BCUT2D eigenvalue weighted by Crippen LogP contribution is 2.40. The first-order valence-corrected chi connectivity index (χ1v) is 7.44. The van der Waals surface area contributed by atoms with Crippen LogP contribution in [-0.4, -0.2) is 0 Å². The first kappa shape index (κ1) is 12.7. The lowest BCUT2D eigenvalue weighted by Gasteiger charge is -2.17. The molecule has 0 saturated heterocycles. The quantitative estimate of drug-likeness (QED) is 0.642. The second-order valence-corrected chi connectivity index (χ2v) is 6.15. The van der Waals surface area contributed by atoms with Gasteiger partial charge in [0.2, 0.25) is 0 Å². The lowest BCUT2D eigenvalue weighted by molar-refractivity contribution is 1.26. The maximum atomic E-state index is 3.77. The Kier molecular flexibility index (Phi) is 3.10. The largest absolute Gasteiger partial charge is 0.0795 e. The second-order valence-electron chi connectivity index (χ2n) is 5.30. The van der Waals surface area contributed by atoms with E-state index in [1.54, 1.807) is 0 Å². The monoisotopic (exact) mass is 312 g/mol. The van der Waals surface area contributed by atoms with Gasteiger partial charge in [-0.2, -0.15) is 0 Å². The van der Waals surface area contributed by atoms with Crippen molar-refractivity contribution in [3.63, 3.8) is 0 Å². The maximum absolute atomic E-state index is 3.77. The van der Waals surface area contributed by atoms with Crippen molar-refractivity contribution >= 4 is 22.0 Å². The second kappa shape index (κ2) is 4.64. The minimum Gasteiger partial charge on any atom is -0.0795 e. The minimum atomic E-state index is 1.04. The smallest absolute Gasteiger partial charge is 0.0259 e. The van der Waals surface area contributed by atoms with E-state index in [-0.39, 0.29) is 0 Å². The Labute approximate surface area is 123 Å². The van der Waals surface area contributed by atoms with Crippen LogP contribution in [0.5, 0.6) is 0 Å². The molecule has 2 aromatic carbocycles. The lowest BCUT2D eigenvalue weighted by Crippen LogP contribution is -1.96. The van der Waals surface area contributed by atoms with Crippen LogP contribution in [0.2, 0.25) is 0 Å². The fraction of sp³-hybridized carbons (Fsp3) is 0.222. The lowest BCUT2D eigenvalue weighted by atomic mass is 9.90. The Balaban J connectivity index is 2.33. The molecule has 0 heterocycles. The van der Waals surface area contributed by atoms with Crippen LogP contribution in [-0.2, 0) is 6.42 Å². The van der Waals surface area contributed by atoms with E-state index in [0.717, 1.165) is 6.42 Å². The molecular weight excluding hydrogens is 296 g/mol. The molecule has 2 aromatic rings. The van der Waals surface area contributed by atoms with Crippen LogP contribution in [0, 0.1) is 20.8 Å². The van der Waals surface area contributed by atoms with Crippen molar-refractivity contribution in [2.75, 3.05) is 0 Å². The molecule has 0 N–H and O–H groups in total. The predicted molar refractivity (Wildman–Crippen MR) is 86.5 cm³/mol. The van der Waals surface area contributed by atoms with E-state index in [9.17, 15) is 0 Å². The number of rotatable bonds is 1. The highest BCUT2D eigenvalue weighted by atomic mass is 79.9. The average molecular weight is 313 g/mol. The summed E-state index contributed by atoms with van der Waals surface area (Å²) < 4.78 is 1.21. The molecule has 0 fully saturated rings. The van der Waals surface area contributed by atoms with Crippen molar-refractivity contribution in [3.05, 3.63) is 62.6 Å². The molecule has 0 nitrogen and oxygen atoms in total. The summed E-state index contributed by atoms with van der Waals surface area (Å²) in [5, 5.41) is 0. The summed E-state index contributed by atoms with van der Waals surface area (Å²) in [4.78, 5) is 0. The van der Waals surface area contributed by atoms with Crippen molar-refractivity contribution in [2.45, 2.75) is 27.2 Å². The normalized spacial score (nSPS) is 12.8. The van der Waals surface area contributed by atoms with E-state index in [4.69, 9.17) is 0 Å². The zero-order valence-corrected chi connectivity index (χ0v) is 13.1. The van der Waals surface area contributed by atoms with E-state index < -0.39 is 0 Å². The average Bonchev–Trinajstić information content (AvgIpc) is 2.84. The van der Waals surface area contributed by atoms with Crippen molar-refractivity contribution in [1.82, 2.24) is 0 Å². The fourth-order valence-electron chi connectivity index (χ4n) is 2.91. The van der Waals surface area contributed by atoms with Crippen molar-refractivity contribution < 1.29 is 0 Å². The molecule has 0 bridgehead atoms. The van der Waals surface area contributed by atoms with Gasteiger partial charge in [-0.25, -0.2) is 0 Å². The van der Waals surface area contributed by atoms with Gasteiger partial charge in [0.05, 0.1) is 0 Å². The first-order valence-electron chi connectivity index (χ1n) is 6.64. The molecule has 0 spiro atoms. The molecule has 0 atom stereocenters. The zero-order chi connectivity index (χ0) is 13.6. The number of hydrogen-bond acceptors (Lipinski definition) is 0. The molecule has 0 radical (unpaired) electrons. The number of fused-ring (bicyclic) bond motifs is 1. The molecule has 1 aliphatic carbocycles. The highest BCUT2D eigenvalue weighted by molar-refractivity contribution is 9.10. The van der Waals surface area contributed by atoms with Crippen LogP contribution >= 0.6 is 15.9 Å². The molecule has 1 heteroatoms. The summed E-state index contributed by atoms with van der Waals surface area (Å²) in [5.74, 6) is 0. The number of aryl methyl sites for hydroxylation is 2. The van der Waals surface area contributed by atoms with Crippen LogP contribution in [0.1, 0.15) is 27.8 Å². The van der Waals surface area contributed by atoms with E-state index in [0.29, 0.717) is 0 Å². The molecule has 0 unspecified atom stereocenters. The molecule has 1 aliphatic rings. The SMILES string of the molecule is Cc1cccc(-c2c(Br)cc(C)c3c2CC=C3)c1C. The van der Waals surface area contributed by atoms with Gasteiger partial charge in [-0.1, -0.05) is 46.3 Å². The third-order valence-electron chi connectivity index (χ3n) is 4.11. The van der Waals surface area contributed by atoms with Gasteiger partial charge in [0.15, 0.2) is 0 Å². The standard InChI is InChI=1S/C18H17Br/c1-11-6-4-8-15(13(11)3)18-16-9-5-7-14(16)12(2)10-17(18)19/h4-8,10H,9H2,1-3H3. The van der Waals surface area contributed by atoms with Crippen molar-refractivity contribution in [2.24, 2.45) is 0 Å². The Hall–Kier alpha value is -1.34. The molecular formula is C18H17Br. The Morgan fingerprint density at radius 1 is 1.05 bits per heavy atom. The summed E-state index contributed by atoms with van der Waals surface area (Å²) in [6.07, 6.45) is 5.56. The summed E-state index contributed by atoms with van der Waals surface area (Å²) in [5.41, 5.74) is 9.66. The van der Waals surface area contributed by atoms with Crippen LogP contribution in [0.25, 0.3) is 17.2 Å². The molecule has 0 saturated carbocycles. The maximum Gasteiger partial charge on any atom is 0.0259 e. The summed E-state index contributed by atoms with van der Waals surface area (Å²) in [6, 6.07) is 8.81. The van der Waals surface area contributed by atoms with Crippen LogP contribution in [0.15, 0.2) is 34.8 Å². The van der Waals surface area contributed by atoms with Gasteiger partial charge in [-0.3, -0.25) is 0 Å². The molecule has 0 aromatic heterocycles. The van der Waals surface area contributed by atoms with Crippen LogP contribution < -0.4 is 0 Å². The van der Waals surface area contributed by atoms with Gasteiger partial charge >= 0.3 is 0 Å². The van der Waals surface area contributed by atoms with Gasteiger partial charge in [-0.15, -0.1) is 0 Å². The topological polar surface area (TPSA) is 0 Å². The summed E-state index contributed by atoms with van der Waals surface area (Å²) in [6.45, 7) is 6.58. The van der Waals surface area contributed by atoms with Gasteiger partial charge < -0.3 is 0 Å². The van der Waals surface area contributed by atoms with Gasteiger partial charge in [0.1, 0.15) is 0 Å². The third kappa shape index (κ3) is 1.97. The minimum absolute atomic E-state index is 1.04. The van der Waals surface area contributed by atoms with Crippen molar-refractivity contribution in [3.8, 4) is 11.1 Å². The first-order chi connectivity index (χ1) is 9.09. The summed E-state index contributed by atoms with van der Waals surface area (Å²) in [7, 11) is 0. The number of allylic oxidation sites excluding steroid dienone is 1. The number of hydrogen-bond donors (Lipinski definition) is 0. The van der Waals surface area contributed by atoms with Gasteiger partial charge in [-0.05, 0) is 66.6 Å². The summed E-state index contributed by atoms with van der Waals surface area (Å²) >= 11 is 3.77. The Morgan fingerprint density at radius 3 is 2.63 bits per heavy atom. The van der Waals surface area contributed by atoms with E-state index in [1.165, 1.54) is 43.4 Å². The Morgan fingerprint density at radius 2 is 1.84 bits per heavy atom. The molecule has 3 rings (SSSR count). The molecule has 19 heavy (non-hydrogen) atoms. The molecule has 96 valence electrons. The number of halogens is 1. The van der Waals surface area contributed by atoms with Gasteiger partial charge in [0.25, 0.3) is 0 Å². The van der Waals surface area contributed by atoms with Crippen LogP contribution in [0.4, 0.5) is 0 Å². The molecule has 0 amide bonds. The van der Waals surface area contributed by atoms with E-state index in [1.807, 2.05) is 0 Å². The fourth-order valence-corrected chi connectivity index (χ4v) is 3.70. The predicted octanol–water partition coefficient (Wildman–Crippen LogP) is 5.61. The third-order valence-corrected chi connectivity index (χ3v) is 4.74. The Bertz CT molecular complexity index is 693. The van der Waals surface area contributed by atoms with Gasteiger partial charge in [0, 0.05) is 10.0 Å². The molecule has 0 aliphatic heterocycles. The number of benzene rings is 2. The van der Waals surface area contributed by atoms with E-state index in [2.05, 4.69) is 73.1 Å². The van der Waals surface area contributed by atoms with E-state index >= 15 is 0 Å². The van der Waals surface area contributed by atoms with Crippen LogP contribution in [0.3, 0.4) is 0 Å². The zero-order valence-electron chi connectivity index (χ0n) is 11.5.